The normalized spacial score (nSPS) is 12.6. The Morgan fingerprint density at radius 1 is 0.900 bits per heavy atom. The predicted molar refractivity (Wildman–Crippen MR) is 58.7 cm³/mol. The van der Waals surface area contributed by atoms with E-state index in [9.17, 15) is 22.0 Å². The van der Waals surface area contributed by atoms with E-state index < -0.39 is 37.7 Å². The molecular weight excluding hydrogens is 307 g/mol. The summed E-state index contributed by atoms with van der Waals surface area (Å²) in [6.07, 6.45) is 0. The summed E-state index contributed by atoms with van der Waals surface area (Å²) in [7, 11) is -1.96. The Hall–Kier alpha value is -1.23. The van der Waals surface area contributed by atoms with Crippen molar-refractivity contribution in [1.82, 2.24) is 0 Å². The summed E-state index contributed by atoms with van der Waals surface area (Å²) in [5.41, 5.74) is -4.21. The van der Waals surface area contributed by atoms with Gasteiger partial charge in [0.25, 0.3) is 0 Å². The minimum atomic E-state index is -4.62. The Morgan fingerprint density at radius 2 is 1.40 bits per heavy atom. The molecule has 0 bridgehead atoms. The van der Waals surface area contributed by atoms with Crippen molar-refractivity contribution >= 4 is 8.80 Å². The van der Waals surface area contributed by atoms with Crippen molar-refractivity contribution in [1.29, 1.82) is 0 Å². The van der Waals surface area contributed by atoms with E-state index in [1.807, 2.05) is 0 Å². The van der Waals surface area contributed by atoms with Crippen molar-refractivity contribution in [3.05, 3.63) is 29.6 Å². The summed E-state index contributed by atoms with van der Waals surface area (Å²) in [6, 6.07) is 0.960. The van der Waals surface area contributed by atoms with Gasteiger partial charge in [0, 0.05) is 21.3 Å². The minimum absolute atomic E-state index is 0.444. The molecule has 0 amide bonds. The molecule has 0 N–H and O–H groups in total. The summed E-state index contributed by atoms with van der Waals surface area (Å²) < 4.78 is 84.4. The van der Waals surface area contributed by atoms with Gasteiger partial charge in [-0.25, -0.2) is 8.78 Å². The molecule has 0 fully saturated rings. The molecule has 0 spiro atoms. The molecule has 1 rings (SSSR count). The van der Waals surface area contributed by atoms with Crippen LogP contribution in [0.1, 0.15) is 0 Å². The predicted octanol–water partition coefficient (Wildman–Crippen LogP) is 2.49. The first-order valence-electron chi connectivity index (χ1n) is 5.10. The Labute approximate surface area is 112 Å². The molecule has 1 aromatic carbocycles. The Kier molecular flexibility index (Phi) is 5.08. The van der Waals surface area contributed by atoms with Gasteiger partial charge in [0.15, 0.2) is 17.4 Å². The van der Waals surface area contributed by atoms with Crippen LogP contribution in [0.15, 0.2) is 12.1 Å². The Bertz CT molecular complexity index is 473. The maximum Gasteiger partial charge on any atom is 0.627 e. The molecule has 0 aromatic heterocycles. The number of hydrogen-bond acceptors (Lipinski definition) is 4. The summed E-state index contributed by atoms with van der Waals surface area (Å²) in [4.78, 5) is 0. The van der Waals surface area contributed by atoms with Gasteiger partial charge in [-0.15, -0.1) is 0 Å². The lowest BCUT2D eigenvalue weighted by Gasteiger charge is -2.31. The number of halogens is 5. The molecule has 20 heavy (non-hydrogen) atoms. The van der Waals surface area contributed by atoms with Crippen molar-refractivity contribution in [2.24, 2.45) is 0 Å². The highest BCUT2D eigenvalue weighted by Gasteiger charge is 2.67. The second-order valence-corrected chi connectivity index (χ2v) is 6.38. The Morgan fingerprint density at radius 3 is 1.85 bits per heavy atom. The van der Waals surface area contributed by atoms with Crippen molar-refractivity contribution in [2.75, 3.05) is 21.3 Å². The van der Waals surface area contributed by atoms with E-state index in [4.69, 9.17) is 0 Å². The van der Waals surface area contributed by atoms with Crippen LogP contribution in [0, 0.1) is 17.5 Å². The Balaban J connectivity index is 3.16. The van der Waals surface area contributed by atoms with Crippen LogP contribution in [0.25, 0.3) is 0 Å². The third kappa shape index (κ3) is 2.77. The lowest BCUT2D eigenvalue weighted by Crippen LogP contribution is -2.62. The summed E-state index contributed by atoms with van der Waals surface area (Å²) in [6.45, 7) is 0. The molecule has 0 unspecified atom stereocenters. The third-order valence-electron chi connectivity index (χ3n) is 2.40. The largest absolute Gasteiger partial charge is 0.627 e. The molecular formula is C10H11F5O4Si. The van der Waals surface area contributed by atoms with Crippen molar-refractivity contribution in [3.8, 4) is 5.75 Å². The van der Waals surface area contributed by atoms with Gasteiger partial charge in [-0.2, -0.15) is 13.2 Å². The van der Waals surface area contributed by atoms with Crippen LogP contribution < -0.4 is 4.74 Å². The number of ether oxygens (including phenoxy) is 1. The van der Waals surface area contributed by atoms with Crippen molar-refractivity contribution < 1.29 is 40.0 Å². The zero-order chi connectivity index (χ0) is 15.6. The maximum absolute atomic E-state index is 13.9. The van der Waals surface area contributed by atoms with Crippen molar-refractivity contribution in [2.45, 2.75) is 5.73 Å². The standard InChI is InChI=1S/C10H11F5O4Si/c1-16-20(17-2,18-3)10(14,15)19-7-5-4-6(11)8(12)9(7)13/h4-5H,1-3H3. The van der Waals surface area contributed by atoms with Crippen molar-refractivity contribution in [3.63, 3.8) is 0 Å². The van der Waals surface area contributed by atoms with Gasteiger partial charge >= 0.3 is 14.5 Å². The number of benzene rings is 1. The average Bonchev–Trinajstić information content (AvgIpc) is 2.42. The lowest BCUT2D eigenvalue weighted by atomic mass is 10.3. The molecule has 10 heteroatoms. The van der Waals surface area contributed by atoms with E-state index >= 15 is 0 Å². The van der Waals surface area contributed by atoms with Gasteiger partial charge in [0.05, 0.1) is 0 Å². The second-order valence-electron chi connectivity index (χ2n) is 3.46. The molecule has 1 aromatic rings. The highest BCUT2D eigenvalue weighted by Crippen LogP contribution is 2.34. The minimum Gasteiger partial charge on any atom is -0.427 e. The molecule has 4 nitrogen and oxygen atoms in total. The van der Waals surface area contributed by atoms with Gasteiger partial charge in [0.1, 0.15) is 0 Å². The van der Waals surface area contributed by atoms with E-state index in [0.29, 0.717) is 12.1 Å². The highest BCUT2D eigenvalue weighted by atomic mass is 28.4. The molecule has 0 saturated carbocycles. The zero-order valence-corrected chi connectivity index (χ0v) is 11.7. The van der Waals surface area contributed by atoms with Crippen LogP contribution in [0.2, 0.25) is 0 Å². The van der Waals surface area contributed by atoms with Crippen LogP contribution in [0.3, 0.4) is 0 Å². The quantitative estimate of drug-likeness (QED) is 0.459. The highest BCUT2D eigenvalue weighted by molar-refractivity contribution is 6.62. The molecule has 0 aliphatic carbocycles. The first-order chi connectivity index (χ1) is 9.24. The van der Waals surface area contributed by atoms with Crippen LogP contribution in [-0.2, 0) is 13.3 Å². The summed E-state index contributed by atoms with van der Waals surface area (Å²) >= 11 is 0. The first kappa shape index (κ1) is 16.8. The summed E-state index contributed by atoms with van der Waals surface area (Å²) in [5.74, 6) is -6.56. The van der Waals surface area contributed by atoms with Crippen LogP contribution >= 0.6 is 0 Å². The number of alkyl halides is 2. The molecule has 114 valence electrons. The maximum atomic E-state index is 13.9. The fourth-order valence-electron chi connectivity index (χ4n) is 1.39. The van der Waals surface area contributed by atoms with Crippen LogP contribution in [0.4, 0.5) is 22.0 Å². The molecule has 0 saturated heterocycles. The SMILES string of the molecule is CO[Si](OC)(OC)C(F)(F)Oc1ccc(F)c(F)c1F. The average molecular weight is 318 g/mol. The van der Waals surface area contributed by atoms with E-state index in [2.05, 4.69) is 18.0 Å². The van der Waals surface area contributed by atoms with Crippen LogP contribution in [0.5, 0.6) is 5.75 Å². The molecule has 0 atom stereocenters. The fourth-order valence-corrected chi connectivity index (χ4v) is 2.84. The third-order valence-corrected chi connectivity index (χ3v) is 4.83. The molecule has 0 heterocycles. The van der Waals surface area contributed by atoms with Gasteiger partial charge in [-0.05, 0) is 12.1 Å². The molecule has 0 radical (unpaired) electrons. The fraction of sp³-hybridized carbons (Fsp3) is 0.400. The molecule has 0 aliphatic rings. The topological polar surface area (TPSA) is 36.9 Å². The monoisotopic (exact) mass is 318 g/mol. The number of hydrogen-bond donors (Lipinski definition) is 0. The second kappa shape index (κ2) is 6.04. The van der Waals surface area contributed by atoms with Gasteiger partial charge < -0.3 is 18.0 Å². The first-order valence-corrected chi connectivity index (χ1v) is 6.83. The van der Waals surface area contributed by atoms with E-state index in [1.54, 1.807) is 0 Å². The molecule has 0 aliphatic heterocycles. The van der Waals surface area contributed by atoms with E-state index in [1.165, 1.54) is 0 Å². The van der Waals surface area contributed by atoms with Crippen LogP contribution in [-0.4, -0.2) is 35.9 Å². The van der Waals surface area contributed by atoms with Gasteiger partial charge in [-0.3, -0.25) is 0 Å². The van der Waals surface area contributed by atoms with Gasteiger partial charge in [0.2, 0.25) is 5.82 Å². The smallest absolute Gasteiger partial charge is 0.427 e. The number of rotatable bonds is 6. The lowest BCUT2D eigenvalue weighted by molar-refractivity contribution is -0.163. The van der Waals surface area contributed by atoms with E-state index in [0.717, 1.165) is 21.3 Å². The van der Waals surface area contributed by atoms with E-state index in [-0.39, 0.29) is 0 Å². The van der Waals surface area contributed by atoms with Gasteiger partial charge in [-0.1, -0.05) is 0 Å². The summed E-state index contributed by atoms with van der Waals surface area (Å²) in [5, 5.41) is 0. The zero-order valence-electron chi connectivity index (χ0n) is 10.7.